The Balaban J connectivity index is 1.34. The standard InChI is InChI=1S/C20H24N2O3/c23-20(16-4-2-1-3-5-16)21-12-17-6-7-18-19(17)25-11-9-22(18)13-15-8-10-24-14-15/h1-5,8,10,14,17-19H,6-7,9,11-13H2,(H,21,23)/t17-,18+,19-/m0/s1. The maximum absolute atomic E-state index is 12.3. The minimum absolute atomic E-state index is 0.00453. The Kier molecular flexibility index (Phi) is 4.85. The SMILES string of the molecule is O=C(NC[C@@H]1CC[C@@H]2[C@H]1OCCN2Cc1ccoc1)c1ccccc1. The van der Waals surface area contributed by atoms with Crippen molar-refractivity contribution < 1.29 is 13.9 Å². The van der Waals surface area contributed by atoms with Crippen LogP contribution in [0.3, 0.4) is 0 Å². The van der Waals surface area contributed by atoms with Crippen molar-refractivity contribution in [1.29, 1.82) is 0 Å². The van der Waals surface area contributed by atoms with Gasteiger partial charge in [-0.15, -0.1) is 0 Å². The molecule has 132 valence electrons. The minimum Gasteiger partial charge on any atom is -0.472 e. The van der Waals surface area contributed by atoms with Gasteiger partial charge in [0.2, 0.25) is 0 Å². The summed E-state index contributed by atoms with van der Waals surface area (Å²) in [6.07, 6.45) is 5.96. The summed E-state index contributed by atoms with van der Waals surface area (Å²) in [4.78, 5) is 14.8. The monoisotopic (exact) mass is 340 g/mol. The van der Waals surface area contributed by atoms with Crippen molar-refractivity contribution in [3.05, 3.63) is 60.1 Å². The van der Waals surface area contributed by atoms with Gasteiger partial charge in [-0.05, 0) is 31.0 Å². The van der Waals surface area contributed by atoms with Crippen LogP contribution in [0.15, 0.2) is 53.3 Å². The molecule has 1 saturated heterocycles. The van der Waals surface area contributed by atoms with Gasteiger partial charge >= 0.3 is 0 Å². The Hall–Kier alpha value is -2.11. The fourth-order valence-electron chi connectivity index (χ4n) is 4.08. The summed E-state index contributed by atoms with van der Waals surface area (Å²) in [5.74, 6) is 0.375. The fourth-order valence-corrected chi connectivity index (χ4v) is 4.08. The lowest BCUT2D eigenvalue weighted by Gasteiger charge is -2.39. The van der Waals surface area contributed by atoms with E-state index in [0.717, 1.165) is 32.5 Å². The zero-order chi connectivity index (χ0) is 17.1. The van der Waals surface area contributed by atoms with Crippen LogP contribution >= 0.6 is 0 Å². The van der Waals surface area contributed by atoms with Gasteiger partial charge in [-0.1, -0.05) is 18.2 Å². The number of carbonyl (C=O) groups is 1. The largest absolute Gasteiger partial charge is 0.472 e. The topological polar surface area (TPSA) is 54.7 Å². The van der Waals surface area contributed by atoms with Gasteiger partial charge in [-0.25, -0.2) is 0 Å². The molecule has 3 atom stereocenters. The zero-order valence-corrected chi connectivity index (χ0v) is 14.3. The summed E-state index contributed by atoms with van der Waals surface area (Å²) in [7, 11) is 0. The molecule has 0 spiro atoms. The highest BCUT2D eigenvalue weighted by molar-refractivity contribution is 5.94. The summed E-state index contributed by atoms with van der Waals surface area (Å²) in [6.45, 7) is 3.29. The molecule has 1 aliphatic carbocycles. The predicted molar refractivity (Wildman–Crippen MR) is 94.1 cm³/mol. The average molecular weight is 340 g/mol. The highest BCUT2D eigenvalue weighted by Gasteiger charge is 2.42. The maximum Gasteiger partial charge on any atom is 0.251 e. The highest BCUT2D eigenvalue weighted by Crippen LogP contribution is 2.35. The third-order valence-corrected chi connectivity index (χ3v) is 5.36. The van der Waals surface area contributed by atoms with E-state index in [0.29, 0.717) is 24.1 Å². The van der Waals surface area contributed by atoms with E-state index in [4.69, 9.17) is 9.15 Å². The third kappa shape index (κ3) is 3.62. The minimum atomic E-state index is -0.00453. The predicted octanol–water partition coefficient (Wildman–Crippen LogP) is 2.69. The van der Waals surface area contributed by atoms with Gasteiger partial charge in [0.1, 0.15) is 0 Å². The van der Waals surface area contributed by atoms with Crippen LogP contribution in [0.25, 0.3) is 0 Å². The molecule has 2 heterocycles. The summed E-state index contributed by atoms with van der Waals surface area (Å²) in [6, 6.07) is 11.8. The average Bonchev–Trinajstić information content (AvgIpc) is 3.31. The van der Waals surface area contributed by atoms with Crippen LogP contribution in [0.5, 0.6) is 0 Å². The second kappa shape index (κ2) is 7.42. The number of furan rings is 1. The van der Waals surface area contributed by atoms with Gasteiger partial charge in [0.05, 0.1) is 25.2 Å². The van der Waals surface area contributed by atoms with Gasteiger partial charge < -0.3 is 14.5 Å². The normalized spacial score (nSPS) is 26.3. The molecular weight excluding hydrogens is 316 g/mol. The van der Waals surface area contributed by atoms with E-state index < -0.39 is 0 Å². The number of carbonyl (C=O) groups excluding carboxylic acids is 1. The first-order valence-corrected chi connectivity index (χ1v) is 9.01. The maximum atomic E-state index is 12.3. The number of morpholine rings is 1. The van der Waals surface area contributed by atoms with Gasteiger partial charge in [-0.2, -0.15) is 0 Å². The number of hydrogen-bond donors (Lipinski definition) is 1. The fraction of sp³-hybridized carbons (Fsp3) is 0.450. The number of rotatable bonds is 5. The first-order chi connectivity index (χ1) is 12.3. The molecule has 1 aromatic carbocycles. The first kappa shape index (κ1) is 16.4. The van der Waals surface area contributed by atoms with E-state index in [-0.39, 0.29) is 12.0 Å². The Bertz CT molecular complexity index is 686. The summed E-state index contributed by atoms with van der Waals surface area (Å²) < 4.78 is 11.3. The molecule has 1 saturated carbocycles. The molecular formula is C20H24N2O3. The molecule has 0 bridgehead atoms. The van der Waals surface area contributed by atoms with Crippen LogP contribution in [0, 0.1) is 5.92 Å². The quantitative estimate of drug-likeness (QED) is 0.909. The lowest BCUT2D eigenvalue weighted by Crippen LogP contribution is -2.50. The van der Waals surface area contributed by atoms with E-state index in [1.165, 1.54) is 5.56 Å². The van der Waals surface area contributed by atoms with Crippen LogP contribution in [0.4, 0.5) is 0 Å². The Morgan fingerprint density at radius 1 is 1.20 bits per heavy atom. The van der Waals surface area contributed by atoms with Crippen molar-refractivity contribution in [1.82, 2.24) is 10.2 Å². The van der Waals surface area contributed by atoms with Crippen LogP contribution in [-0.2, 0) is 11.3 Å². The molecule has 1 N–H and O–H groups in total. The number of nitrogens with one attached hydrogen (secondary N) is 1. The summed E-state index contributed by atoms with van der Waals surface area (Å²) in [5, 5.41) is 3.08. The smallest absolute Gasteiger partial charge is 0.251 e. The molecule has 5 nitrogen and oxygen atoms in total. The van der Waals surface area contributed by atoms with E-state index in [1.54, 1.807) is 6.26 Å². The third-order valence-electron chi connectivity index (χ3n) is 5.36. The molecule has 0 radical (unpaired) electrons. The van der Waals surface area contributed by atoms with Crippen molar-refractivity contribution >= 4 is 5.91 Å². The molecule has 1 amide bonds. The second-order valence-corrected chi connectivity index (χ2v) is 6.92. The Morgan fingerprint density at radius 3 is 2.88 bits per heavy atom. The molecule has 25 heavy (non-hydrogen) atoms. The van der Waals surface area contributed by atoms with Crippen molar-refractivity contribution in [3.8, 4) is 0 Å². The van der Waals surface area contributed by atoms with E-state index in [9.17, 15) is 4.79 Å². The van der Waals surface area contributed by atoms with Gasteiger partial charge in [0, 0.05) is 42.7 Å². The molecule has 2 aliphatic rings. The molecule has 2 aromatic rings. The van der Waals surface area contributed by atoms with Crippen LogP contribution in [-0.4, -0.2) is 42.6 Å². The van der Waals surface area contributed by atoms with Gasteiger partial charge in [-0.3, -0.25) is 9.69 Å². The number of hydrogen-bond acceptors (Lipinski definition) is 4. The second-order valence-electron chi connectivity index (χ2n) is 6.92. The molecule has 4 rings (SSSR count). The Morgan fingerprint density at radius 2 is 2.08 bits per heavy atom. The van der Waals surface area contributed by atoms with Crippen molar-refractivity contribution in [2.45, 2.75) is 31.5 Å². The van der Waals surface area contributed by atoms with E-state index in [2.05, 4.69) is 10.2 Å². The number of amides is 1. The lowest BCUT2D eigenvalue weighted by molar-refractivity contribution is -0.0757. The van der Waals surface area contributed by atoms with Crippen LogP contribution < -0.4 is 5.32 Å². The summed E-state index contributed by atoms with van der Waals surface area (Å²) >= 11 is 0. The molecule has 2 fully saturated rings. The summed E-state index contributed by atoms with van der Waals surface area (Å²) in [5.41, 5.74) is 1.92. The molecule has 0 unspecified atom stereocenters. The van der Waals surface area contributed by atoms with Gasteiger partial charge in [0.25, 0.3) is 5.91 Å². The number of fused-ring (bicyclic) bond motifs is 1. The van der Waals surface area contributed by atoms with Crippen molar-refractivity contribution in [3.63, 3.8) is 0 Å². The number of benzene rings is 1. The Labute approximate surface area is 148 Å². The van der Waals surface area contributed by atoms with E-state index >= 15 is 0 Å². The first-order valence-electron chi connectivity index (χ1n) is 9.01. The van der Waals surface area contributed by atoms with E-state index in [1.807, 2.05) is 42.7 Å². The van der Waals surface area contributed by atoms with Gasteiger partial charge in [0.15, 0.2) is 0 Å². The lowest BCUT2D eigenvalue weighted by atomic mass is 10.0. The zero-order valence-electron chi connectivity index (χ0n) is 14.3. The van der Waals surface area contributed by atoms with Crippen LogP contribution in [0.1, 0.15) is 28.8 Å². The molecule has 1 aliphatic heterocycles. The van der Waals surface area contributed by atoms with Crippen molar-refractivity contribution in [2.75, 3.05) is 19.7 Å². The van der Waals surface area contributed by atoms with Crippen LogP contribution in [0.2, 0.25) is 0 Å². The highest BCUT2D eigenvalue weighted by atomic mass is 16.5. The molecule has 5 heteroatoms. The number of ether oxygens (including phenoxy) is 1. The van der Waals surface area contributed by atoms with Crippen molar-refractivity contribution in [2.24, 2.45) is 5.92 Å². The number of nitrogens with zero attached hydrogens (tertiary/aromatic N) is 1. The molecule has 1 aromatic heterocycles.